The highest BCUT2D eigenvalue weighted by Crippen LogP contribution is 2.06. The number of ketones is 1. The molecule has 0 radical (unpaired) electrons. The van der Waals surface area contributed by atoms with Gasteiger partial charge in [0.1, 0.15) is 18.6 Å². The average molecular weight is 528 g/mol. The van der Waals surface area contributed by atoms with E-state index in [9.17, 15) is 28.8 Å². The summed E-state index contributed by atoms with van der Waals surface area (Å²) < 4.78 is 0. The van der Waals surface area contributed by atoms with Crippen molar-refractivity contribution < 1.29 is 39.0 Å². The summed E-state index contributed by atoms with van der Waals surface area (Å²) in [5, 5.41) is 22.0. The first-order valence-corrected chi connectivity index (χ1v) is 11.2. The van der Waals surface area contributed by atoms with Crippen molar-refractivity contribution in [3.05, 3.63) is 0 Å². The minimum atomic E-state index is -1.28. The maximum Gasteiger partial charge on any atom is 0.322 e. The number of nitrogens with two attached hydrogens (primary N) is 1. The molecule has 31 heavy (non-hydrogen) atoms. The number of rotatable bonds is 16. The predicted molar refractivity (Wildman–Crippen MR) is 114 cm³/mol. The van der Waals surface area contributed by atoms with Gasteiger partial charge in [0.15, 0.2) is 5.78 Å². The third-order valence-electron chi connectivity index (χ3n) is 3.63. The fraction of sp³-hybridized carbons (Fsp3) is 0.625. The molecule has 0 aliphatic rings. The zero-order chi connectivity index (χ0) is 24.0. The van der Waals surface area contributed by atoms with Crippen LogP contribution in [0.5, 0.6) is 0 Å². The highest BCUT2D eigenvalue weighted by molar-refractivity contribution is 9.09. The normalized spacial score (nSPS) is 13.4. The summed E-state index contributed by atoms with van der Waals surface area (Å²) in [4.78, 5) is 68.8. The molecule has 3 atom stereocenters. The monoisotopic (exact) mass is 527 g/mol. The van der Waals surface area contributed by atoms with Gasteiger partial charge in [0.2, 0.25) is 17.7 Å². The van der Waals surface area contributed by atoms with E-state index in [1.807, 2.05) is 0 Å². The van der Waals surface area contributed by atoms with Crippen LogP contribution in [0, 0.1) is 0 Å². The molecule has 0 spiro atoms. The minimum Gasteiger partial charge on any atom is -0.480 e. The number of hydrogen-bond acceptors (Lipinski definition) is 9. The summed E-state index contributed by atoms with van der Waals surface area (Å²) in [6.07, 6.45) is -0.409. The Morgan fingerprint density at radius 2 is 1.74 bits per heavy atom. The molecule has 15 heteroatoms. The lowest BCUT2D eigenvalue weighted by Gasteiger charge is -2.19. The second-order valence-corrected chi connectivity index (χ2v) is 7.84. The molecule has 0 bridgehead atoms. The number of aliphatic carboxylic acids is 2. The molecule has 0 aliphatic carbocycles. The zero-order valence-corrected chi connectivity index (χ0v) is 19.1. The molecule has 0 fully saturated rings. The van der Waals surface area contributed by atoms with E-state index in [2.05, 4.69) is 37.4 Å². The van der Waals surface area contributed by atoms with E-state index < -0.39 is 48.4 Å². The first kappa shape index (κ1) is 28.8. The van der Waals surface area contributed by atoms with Crippen molar-refractivity contribution in [1.82, 2.24) is 21.5 Å². The Bertz CT molecular complexity index is 680. The molecule has 0 unspecified atom stereocenters. The van der Waals surface area contributed by atoms with Crippen molar-refractivity contribution in [2.24, 2.45) is 5.73 Å². The third-order valence-corrected chi connectivity index (χ3v) is 5.19. The van der Waals surface area contributed by atoms with Gasteiger partial charge in [-0.2, -0.15) is 11.8 Å². The Morgan fingerprint density at radius 3 is 2.29 bits per heavy atom. The second kappa shape index (κ2) is 15.6. The van der Waals surface area contributed by atoms with Crippen LogP contribution in [0.3, 0.4) is 0 Å². The molecule has 0 aromatic rings. The van der Waals surface area contributed by atoms with Crippen LogP contribution in [0.1, 0.15) is 19.8 Å². The molecular formula is C16H26BrN5O8S. The Kier molecular flexibility index (Phi) is 14.4. The SMILES string of the molecule is C[C@H](NNC(=O)CBr)C(=O)CSC[C@H](NC(=O)CC[C@H](N)C(=O)O)C(=O)NCC(=O)O. The number of thioether (sulfide) groups is 1. The number of carbonyl (C=O) groups is 6. The van der Waals surface area contributed by atoms with Gasteiger partial charge < -0.3 is 26.6 Å². The van der Waals surface area contributed by atoms with Crippen LogP contribution in [0.15, 0.2) is 0 Å². The third kappa shape index (κ3) is 13.6. The van der Waals surface area contributed by atoms with Crippen LogP contribution >= 0.6 is 27.7 Å². The van der Waals surface area contributed by atoms with Gasteiger partial charge in [-0.05, 0) is 13.3 Å². The maximum atomic E-state index is 12.2. The van der Waals surface area contributed by atoms with Gasteiger partial charge in [-0.3, -0.25) is 34.2 Å². The molecule has 8 N–H and O–H groups in total. The lowest BCUT2D eigenvalue weighted by molar-refractivity contribution is -0.139. The fourth-order valence-electron chi connectivity index (χ4n) is 1.85. The van der Waals surface area contributed by atoms with Crippen LogP contribution in [-0.4, -0.2) is 87.2 Å². The number of hydrogen-bond donors (Lipinski definition) is 7. The lowest BCUT2D eigenvalue weighted by Crippen LogP contribution is -2.50. The molecule has 0 rings (SSSR count). The van der Waals surface area contributed by atoms with Gasteiger partial charge in [-0.25, -0.2) is 5.43 Å². The number of amides is 3. The minimum absolute atomic E-state index is 0.0472. The van der Waals surface area contributed by atoms with Gasteiger partial charge in [0, 0.05) is 12.2 Å². The van der Waals surface area contributed by atoms with Crippen molar-refractivity contribution in [2.75, 3.05) is 23.4 Å². The molecule has 0 aromatic carbocycles. The average Bonchev–Trinajstić information content (AvgIpc) is 2.72. The summed E-state index contributed by atoms with van der Waals surface area (Å²) in [5.74, 6) is -4.72. The summed E-state index contributed by atoms with van der Waals surface area (Å²) in [6, 6.07) is -3.10. The second-order valence-electron chi connectivity index (χ2n) is 6.24. The van der Waals surface area contributed by atoms with Crippen LogP contribution in [0.2, 0.25) is 0 Å². The van der Waals surface area contributed by atoms with Crippen molar-refractivity contribution in [2.45, 2.75) is 37.9 Å². The van der Waals surface area contributed by atoms with Crippen LogP contribution in [-0.2, 0) is 28.8 Å². The molecule has 0 heterocycles. The Morgan fingerprint density at radius 1 is 1.10 bits per heavy atom. The Hall–Kier alpha value is -2.23. The predicted octanol–water partition coefficient (Wildman–Crippen LogP) is -2.43. The topological polar surface area (TPSA) is 217 Å². The molecule has 0 aliphatic heterocycles. The quantitative estimate of drug-likeness (QED) is 0.0825. The number of Topliss-reactive ketones (excluding diaryl/α,β-unsaturated/α-hetero) is 1. The molecule has 0 saturated carbocycles. The Balaban J connectivity index is 4.73. The van der Waals surface area contributed by atoms with Crippen molar-refractivity contribution >= 4 is 63.1 Å². The van der Waals surface area contributed by atoms with E-state index in [1.54, 1.807) is 0 Å². The van der Waals surface area contributed by atoms with E-state index in [1.165, 1.54) is 6.92 Å². The first-order valence-electron chi connectivity index (χ1n) is 8.95. The summed E-state index contributed by atoms with van der Waals surface area (Å²) in [7, 11) is 0. The summed E-state index contributed by atoms with van der Waals surface area (Å²) in [6.45, 7) is 0.870. The Labute approximate surface area is 190 Å². The van der Waals surface area contributed by atoms with E-state index >= 15 is 0 Å². The standard InChI is InChI=1S/C16H26BrN5O8S/c1-8(21-22-13(25)4-17)11(23)7-31-6-10(15(28)19-5-14(26)27)20-12(24)3-2-9(18)16(29)30/h8-10,21H,2-7,18H2,1H3,(H,19,28)(H,20,24)(H,22,25)(H,26,27)(H,29,30)/t8-,9-,10-/m0/s1. The van der Waals surface area contributed by atoms with E-state index in [0.717, 1.165) is 11.8 Å². The molecule has 0 aromatic heterocycles. The number of carbonyl (C=O) groups excluding carboxylic acids is 4. The summed E-state index contributed by atoms with van der Waals surface area (Å²) in [5.41, 5.74) is 10.2. The van der Waals surface area contributed by atoms with Crippen molar-refractivity contribution in [3.8, 4) is 0 Å². The number of carboxylic acids is 2. The number of nitrogens with one attached hydrogen (secondary N) is 4. The van der Waals surface area contributed by atoms with Gasteiger partial charge >= 0.3 is 11.9 Å². The number of hydrazine groups is 1. The largest absolute Gasteiger partial charge is 0.480 e. The first-order chi connectivity index (χ1) is 14.5. The van der Waals surface area contributed by atoms with Gasteiger partial charge in [-0.15, -0.1) is 0 Å². The summed E-state index contributed by atoms with van der Waals surface area (Å²) >= 11 is 3.97. The van der Waals surface area contributed by atoms with E-state index in [0.29, 0.717) is 0 Å². The van der Waals surface area contributed by atoms with Crippen molar-refractivity contribution in [1.29, 1.82) is 0 Å². The van der Waals surface area contributed by atoms with Crippen LogP contribution in [0.4, 0.5) is 0 Å². The number of carboxylic acid groups (broad SMARTS) is 2. The fourth-order valence-corrected chi connectivity index (χ4v) is 3.03. The number of alkyl halides is 1. The van der Waals surface area contributed by atoms with E-state index in [-0.39, 0.29) is 41.4 Å². The van der Waals surface area contributed by atoms with Crippen LogP contribution < -0.4 is 27.2 Å². The maximum absolute atomic E-state index is 12.2. The van der Waals surface area contributed by atoms with Crippen LogP contribution in [0.25, 0.3) is 0 Å². The molecular weight excluding hydrogens is 502 g/mol. The van der Waals surface area contributed by atoms with Gasteiger partial charge in [0.25, 0.3) is 0 Å². The smallest absolute Gasteiger partial charge is 0.322 e. The highest BCUT2D eigenvalue weighted by atomic mass is 79.9. The van der Waals surface area contributed by atoms with Gasteiger partial charge in [0.05, 0.1) is 17.1 Å². The number of halogens is 1. The molecule has 176 valence electrons. The molecule has 3 amide bonds. The lowest BCUT2D eigenvalue weighted by atomic mass is 10.1. The van der Waals surface area contributed by atoms with Crippen molar-refractivity contribution in [3.63, 3.8) is 0 Å². The molecule has 13 nitrogen and oxygen atoms in total. The molecule has 0 saturated heterocycles. The van der Waals surface area contributed by atoms with E-state index in [4.69, 9.17) is 15.9 Å². The zero-order valence-electron chi connectivity index (χ0n) is 16.7. The highest BCUT2D eigenvalue weighted by Gasteiger charge is 2.23. The van der Waals surface area contributed by atoms with Gasteiger partial charge in [-0.1, -0.05) is 15.9 Å².